The van der Waals surface area contributed by atoms with Crippen LogP contribution < -0.4 is 5.32 Å². The number of nitrogens with one attached hydrogen (secondary N) is 2. The lowest BCUT2D eigenvalue weighted by molar-refractivity contribution is -0.137. The van der Waals surface area contributed by atoms with E-state index < -0.39 is 0 Å². The van der Waals surface area contributed by atoms with E-state index in [1.807, 2.05) is 30.3 Å². The zero-order valence-corrected chi connectivity index (χ0v) is 12.6. The molecular formula is C15H16ClN3O2. The van der Waals surface area contributed by atoms with Gasteiger partial charge in [0.2, 0.25) is 0 Å². The van der Waals surface area contributed by atoms with Crippen LogP contribution in [0.1, 0.15) is 13.8 Å². The van der Waals surface area contributed by atoms with Crippen molar-refractivity contribution < 1.29 is 9.53 Å². The molecule has 0 bridgehead atoms. The molecule has 2 rings (SSSR count). The number of hydrogen-bond acceptors (Lipinski definition) is 4. The lowest BCUT2D eigenvalue weighted by Crippen LogP contribution is -2.04. The zero-order valence-electron chi connectivity index (χ0n) is 11.8. The summed E-state index contributed by atoms with van der Waals surface area (Å²) in [5.41, 5.74) is 2.49. The van der Waals surface area contributed by atoms with Gasteiger partial charge in [0.05, 0.1) is 12.3 Å². The molecule has 0 atom stereocenters. The summed E-state index contributed by atoms with van der Waals surface area (Å²) < 4.78 is 4.84. The van der Waals surface area contributed by atoms with Crippen LogP contribution in [0.25, 0.3) is 11.3 Å². The van der Waals surface area contributed by atoms with Gasteiger partial charge in [0.1, 0.15) is 0 Å². The fourth-order valence-electron chi connectivity index (χ4n) is 1.76. The summed E-state index contributed by atoms with van der Waals surface area (Å²) >= 11 is 5.86. The van der Waals surface area contributed by atoms with E-state index in [0.29, 0.717) is 23.1 Å². The van der Waals surface area contributed by atoms with Gasteiger partial charge in [-0.25, -0.2) is 4.79 Å². The molecule has 0 unspecified atom stereocenters. The van der Waals surface area contributed by atoms with Crippen LogP contribution in [0, 0.1) is 0 Å². The Morgan fingerprint density at radius 3 is 2.81 bits per heavy atom. The Balaban J connectivity index is 2.06. The van der Waals surface area contributed by atoms with Crippen LogP contribution in [0.4, 0.5) is 5.82 Å². The highest BCUT2D eigenvalue weighted by molar-refractivity contribution is 6.30. The summed E-state index contributed by atoms with van der Waals surface area (Å²) in [7, 11) is 0. The second kappa shape index (κ2) is 6.95. The minimum atomic E-state index is -0.379. The molecule has 0 amide bonds. The summed E-state index contributed by atoms with van der Waals surface area (Å²) in [5.74, 6) is 0.244. The number of ether oxygens (including phenoxy) is 1. The van der Waals surface area contributed by atoms with Crippen LogP contribution in [0.3, 0.4) is 0 Å². The average Bonchev–Trinajstić information content (AvgIpc) is 2.88. The third-order valence-electron chi connectivity index (χ3n) is 2.68. The third-order valence-corrected chi connectivity index (χ3v) is 2.93. The number of aromatic amines is 1. The van der Waals surface area contributed by atoms with Crippen molar-refractivity contribution in [1.82, 2.24) is 10.2 Å². The number of nitrogens with zero attached hydrogens (tertiary/aromatic N) is 1. The summed E-state index contributed by atoms with van der Waals surface area (Å²) in [6, 6.07) is 9.29. The number of anilines is 1. The lowest BCUT2D eigenvalue weighted by Gasteiger charge is -2.02. The number of hydrogen-bond donors (Lipinski definition) is 2. The fourth-order valence-corrected chi connectivity index (χ4v) is 1.89. The zero-order chi connectivity index (χ0) is 15.2. The summed E-state index contributed by atoms with van der Waals surface area (Å²) in [6.07, 6.45) is 1.39. The van der Waals surface area contributed by atoms with Crippen molar-refractivity contribution in [1.29, 1.82) is 0 Å². The Labute approximate surface area is 128 Å². The van der Waals surface area contributed by atoms with Crippen LogP contribution in [0.15, 0.2) is 42.1 Å². The van der Waals surface area contributed by atoms with E-state index in [-0.39, 0.29) is 5.97 Å². The van der Waals surface area contributed by atoms with Crippen molar-refractivity contribution in [2.45, 2.75) is 13.8 Å². The van der Waals surface area contributed by atoms with Crippen molar-refractivity contribution in [2.24, 2.45) is 0 Å². The molecule has 5 nitrogen and oxygen atoms in total. The van der Waals surface area contributed by atoms with E-state index in [2.05, 4.69) is 15.5 Å². The Hall–Kier alpha value is -2.27. The minimum absolute atomic E-state index is 0.353. The maximum Gasteiger partial charge on any atom is 0.332 e. The number of esters is 1. The SMILES string of the molecule is CCOC(=O)/C=C(/C)Nc1cc(-c2ccc(Cl)cc2)[nH]n1. The molecule has 2 N–H and O–H groups in total. The standard InChI is InChI=1S/C15H16ClN3O2/c1-3-21-15(20)8-10(2)17-14-9-13(18-19-14)11-4-6-12(16)7-5-11/h4-9H,3H2,1-2H3,(H2,17,18,19)/b10-8-. The van der Waals surface area contributed by atoms with Gasteiger partial charge < -0.3 is 10.1 Å². The highest BCUT2D eigenvalue weighted by Crippen LogP contribution is 2.22. The number of carbonyl (C=O) groups excluding carboxylic acids is 1. The molecular weight excluding hydrogens is 290 g/mol. The van der Waals surface area contributed by atoms with E-state index in [9.17, 15) is 4.79 Å². The van der Waals surface area contributed by atoms with Gasteiger partial charge >= 0.3 is 5.97 Å². The molecule has 0 saturated carbocycles. The summed E-state index contributed by atoms with van der Waals surface area (Å²) in [6.45, 7) is 3.89. The summed E-state index contributed by atoms with van der Waals surface area (Å²) in [5, 5.41) is 10.8. The van der Waals surface area contributed by atoms with Gasteiger partial charge in [0.25, 0.3) is 0 Å². The molecule has 0 radical (unpaired) electrons. The summed E-state index contributed by atoms with van der Waals surface area (Å²) in [4.78, 5) is 11.3. The van der Waals surface area contributed by atoms with Crippen molar-refractivity contribution in [3.63, 3.8) is 0 Å². The van der Waals surface area contributed by atoms with Gasteiger partial charge in [-0.2, -0.15) is 5.10 Å². The Kier molecular flexibility index (Phi) is 5.00. The number of halogens is 1. The van der Waals surface area contributed by atoms with E-state index in [1.165, 1.54) is 6.08 Å². The van der Waals surface area contributed by atoms with Crippen molar-refractivity contribution in [2.75, 3.05) is 11.9 Å². The molecule has 1 heterocycles. The van der Waals surface area contributed by atoms with E-state index in [4.69, 9.17) is 16.3 Å². The Morgan fingerprint density at radius 1 is 1.43 bits per heavy atom. The first-order chi connectivity index (χ1) is 10.1. The first-order valence-corrected chi connectivity index (χ1v) is 6.89. The number of benzene rings is 1. The third kappa shape index (κ3) is 4.36. The Bertz CT molecular complexity index is 647. The molecule has 0 fully saturated rings. The van der Waals surface area contributed by atoms with Crippen LogP contribution >= 0.6 is 11.6 Å². The Morgan fingerprint density at radius 2 is 2.14 bits per heavy atom. The van der Waals surface area contributed by atoms with Crippen LogP contribution in [0.2, 0.25) is 5.02 Å². The molecule has 110 valence electrons. The van der Waals surface area contributed by atoms with E-state index in [1.54, 1.807) is 13.8 Å². The van der Waals surface area contributed by atoms with Crippen molar-refractivity contribution >= 4 is 23.4 Å². The predicted octanol–water partition coefficient (Wildman–Crippen LogP) is 3.61. The largest absolute Gasteiger partial charge is 0.463 e. The molecule has 6 heteroatoms. The van der Waals surface area contributed by atoms with Gasteiger partial charge in [-0.3, -0.25) is 5.10 Å². The number of H-pyrrole nitrogens is 1. The molecule has 0 aliphatic heterocycles. The molecule has 21 heavy (non-hydrogen) atoms. The molecule has 0 aliphatic rings. The number of carbonyl (C=O) groups is 1. The first kappa shape index (κ1) is 15.1. The minimum Gasteiger partial charge on any atom is -0.463 e. The van der Waals surface area contributed by atoms with E-state index >= 15 is 0 Å². The molecule has 1 aromatic heterocycles. The second-order valence-electron chi connectivity index (χ2n) is 4.38. The van der Waals surface area contributed by atoms with Gasteiger partial charge in [-0.05, 0) is 31.5 Å². The number of allylic oxidation sites excluding steroid dienone is 1. The first-order valence-electron chi connectivity index (χ1n) is 6.52. The van der Waals surface area contributed by atoms with Gasteiger partial charge in [0.15, 0.2) is 5.82 Å². The second-order valence-corrected chi connectivity index (χ2v) is 4.81. The quantitative estimate of drug-likeness (QED) is 0.654. The number of aromatic nitrogens is 2. The molecule has 0 aliphatic carbocycles. The maximum absolute atomic E-state index is 11.3. The average molecular weight is 306 g/mol. The highest BCUT2D eigenvalue weighted by atomic mass is 35.5. The molecule has 2 aromatic rings. The van der Waals surface area contributed by atoms with Crippen LogP contribution in [-0.4, -0.2) is 22.8 Å². The monoisotopic (exact) mass is 305 g/mol. The maximum atomic E-state index is 11.3. The molecule has 1 aromatic carbocycles. The fraction of sp³-hybridized carbons (Fsp3) is 0.200. The topological polar surface area (TPSA) is 67.0 Å². The highest BCUT2D eigenvalue weighted by Gasteiger charge is 2.05. The van der Waals surface area contributed by atoms with Crippen molar-refractivity contribution in [3.8, 4) is 11.3 Å². The van der Waals surface area contributed by atoms with E-state index in [0.717, 1.165) is 11.3 Å². The normalized spacial score (nSPS) is 11.3. The van der Waals surface area contributed by atoms with Gasteiger partial charge in [-0.1, -0.05) is 23.7 Å². The molecule has 0 spiro atoms. The molecule has 0 saturated heterocycles. The van der Waals surface area contributed by atoms with Crippen molar-refractivity contribution in [3.05, 3.63) is 47.1 Å². The van der Waals surface area contributed by atoms with Gasteiger partial charge in [0, 0.05) is 22.9 Å². The number of rotatable bonds is 5. The van der Waals surface area contributed by atoms with Crippen LogP contribution in [0.5, 0.6) is 0 Å². The van der Waals surface area contributed by atoms with Gasteiger partial charge in [-0.15, -0.1) is 0 Å². The van der Waals surface area contributed by atoms with Crippen LogP contribution in [-0.2, 0) is 9.53 Å². The smallest absolute Gasteiger partial charge is 0.332 e. The lowest BCUT2D eigenvalue weighted by atomic mass is 10.1. The predicted molar refractivity (Wildman–Crippen MR) is 83.0 cm³/mol.